The maximum atomic E-state index is 11.6. The molecule has 2 aromatic rings. The zero-order valence-corrected chi connectivity index (χ0v) is 15.6. The number of carbonyl (C=O) groups is 1. The average Bonchev–Trinajstić information content (AvgIpc) is 2.61. The van der Waals surface area contributed by atoms with Crippen LogP contribution in [0.3, 0.4) is 0 Å². The first-order valence-corrected chi connectivity index (χ1v) is 8.89. The molecule has 132 valence electrons. The molecule has 3 rings (SSSR count). The van der Waals surface area contributed by atoms with E-state index < -0.39 is 0 Å². The van der Waals surface area contributed by atoms with E-state index in [1.54, 1.807) is 6.92 Å². The van der Waals surface area contributed by atoms with Gasteiger partial charge in [-0.25, -0.2) is 9.97 Å². The third-order valence-corrected chi connectivity index (χ3v) is 4.90. The van der Waals surface area contributed by atoms with Crippen LogP contribution in [0.4, 0.5) is 5.95 Å². The number of likely N-dealkylation sites (tertiary alicyclic amines) is 1. The van der Waals surface area contributed by atoms with Gasteiger partial charge >= 0.3 is 0 Å². The van der Waals surface area contributed by atoms with Crippen LogP contribution in [0.25, 0.3) is 11.1 Å². The van der Waals surface area contributed by atoms with Gasteiger partial charge in [0.15, 0.2) is 0 Å². The van der Waals surface area contributed by atoms with Crippen molar-refractivity contribution < 1.29 is 4.79 Å². The summed E-state index contributed by atoms with van der Waals surface area (Å²) >= 11 is 6.18. The summed E-state index contributed by atoms with van der Waals surface area (Å²) in [6, 6.07) is 7.79. The smallest absolute Gasteiger partial charge is 0.225 e. The molecule has 6 heteroatoms. The minimum absolute atomic E-state index is 0.144. The lowest BCUT2D eigenvalue weighted by Crippen LogP contribution is -2.36. The average molecular weight is 359 g/mol. The normalized spacial score (nSPS) is 15.3. The summed E-state index contributed by atoms with van der Waals surface area (Å²) in [5.74, 6) is 1.16. The number of carbonyl (C=O) groups excluding carboxylic acids is 1. The molecular formula is C19H23ClN4O. The van der Waals surface area contributed by atoms with Crippen LogP contribution in [-0.2, 0) is 4.79 Å². The number of hydrogen-bond donors (Lipinski definition) is 0. The van der Waals surface area contributed by atoms with Gasteiger partial charge in [-0.3, -0.25) is 4.79 Å². The van der Waals surface area contributed by atoms with E-state index in [1.165, 1.54) is 0 Å². The second kappa shape index (κ2) is 7.40. The van der Waals surface area contributed by atoms with Crippen LogP contribution in [0.2, 0.25) is 5.02 Å². The molecule has 0 saturated carbocycles. The molecule has 0 aliphatic carbocycles. The lowest BCUT2D eigenvalue weighted by Gasteiger charge is -2.32. The predicted octanol–water partition coefficient (Wildman–Crippen LogP) is 3.59. The molecule has 2 heterocycles. The highest BCUT2D eigenvalue weighted by Gasteiger charge is 2.26. The van der Waals surface area contributed by atoms with Crippen molar-refractivity contribution in [1.29, 1.82) is 0 Å². The van der Waals surface area contributed by atoms with Gasteiger partial charge in [0.25, 0.3) is 0 Å². The van der Waals surface area contributed by atoms with Crippen LogP contribution in [0.5, 0.6) is 0 Å². The Morgan fingerprint density at radius 3 is 2.60 bits per heavy atom. The number of amides is 1. The van der Waals surface area contributed by atoms with Crippen molar-refractivity contribution in [3.05, 3.63) is 41.2 Å². The second-order valence-corrected chi connectivity index (χ2v) is 7.09. The fraction of sp³-hybridized carbons (Fsp3) is 0.421. The zero-order valence-electron chi connectivity index (χ0n) is 14.9. The van der Waals surface area contributed by atoms with Gasteiger partial charge in [0.05, 0.1) is 5.69 Å². The monoisotopic (exact) mass is 358 g/mol. The Morgan fingerprint density at radius 1 is 1.28 bits per heavy atom. The van der Waals surface area contributed by atoms with Crippen LogP contribution >= 0.6 is 11.6 Å². The number of halogens is 1. The second-order valence-electron chi connectivity index (χ2n) is 6.65. The Kier molecular flexibility index (Phi) is 5.23. The molecule has 1 fully saturated rings. The number of hydrogen-bond acceptors (Lipinski definition) is 4. The molecule has 5 nitrogen and oxygen atoms in total. The van der Waals surface area contributed by atoms with Gasteiger partial charge in [-0.15, -0.1) is 0 Å². The summed E-state index contributed by atoms with van der Waals surface area (Å²) in [6.45, 7) is 3.18. The van der Waals surface area contributed by atoms with Crippen LogP contribution in [0, 0.1) is 0 Å². The van der Waals surface area contributed by atoms with Gasteiger partial charge < -0.3 is 9.80 Å². The number of anilines is 1. The summed E-state index contributed by atoms with van der Waals surface area (Å²) in [5, 5.41) is 0.700. The van der Waals surface area contributed by atoms with Crippen molar-refractivity contribution in [3.8, 4) is 11.1 Å². The largest absolute Gasteiger partial charge is 0.347 e. The number of aromatic nitrogens is 2. The van der Waals surface area contributed by atoms with E-state index in [2.05, 4.69) is 4.98 Å². The van der Waals surface area contributed by atoms with Gasteiger partial charge in [0.2, 0.25) is 11.9 Å². The standard InChI is InChI=1S/C19H23ClN4O/c1-13(25)24-9-7-14(8-10-24)18-17(12-21-19(22-18)23(2)3)15-5-4-6-16(20)11-15/h4-6,11-12,14H,7-10H2,1-3H3. The fourth-order valence-corrected chi connectivity index (χ4v) is 3.45. The maximum Gasteiger partial charge on any atom is 0.225 e. The van der Waals surface area contributed by atoms with E-state index in [1.807, 2.05) is 54.4 Å². The summed E-state index contributed by atoms with van der Waals surface area (Å²) in [7, 11) is 3.88. The first-order chi connectivity index (χ1) is 12.0. The molecule has 25 heavy (non-hydrogen) atoms. The van der Waals surface area contributed by atoms with Gasteiger partial charge in [-0.05, 0) is 30.5 Å². The van der Waals surface area contributed by atoms with Gasteiger partial charge in [0.1, 0.15) is 0 Å². The zero-order chi connectivity index (χ0) is 18.0. The highest BCUT2D eigenvalue weighted by atomic mass is 35.5. The summed E-state index contributed by atoms with van der Waals surface area (Å²) in [6.07, 6.45) is 3.72. The van der Waals surface area contributed by atoms with E-state index in [4.69, 9.17) is 16.6 Å². The lowest BCUT2D eigenvalue weighted by atomic mass is 9.89. The van der Waals surface area contributed by atoms with E-state index in [0.717, 1.165) is 42.8 Å². The Hall–Kier alpha value is -2.14. The number of piperidine rings is 1. The molecule has 1 aromatic heterocycles. The third kappa shape index (κ3) is 3.93. The Balaban J connectivity index is 1.98. The number of nitrogens with zero attached hydrogens (tertiary/aromatic N) is 4. The van der Waals surface area contributed by atoms with Crippen LogP contribution in [0.1, 0.15) is 31.4 Å². The predicted molar refractivity (Wildman–Crippen MR) is 101 cm³/mol. The van der Waals surface area contributed by atoms with Crippen molar-refractivity contribution >= 4 is 23.5 Å². The van der Waals surface area contributed by atoms with Crippen molar-refractivity contribution in [2.75, 3.05) is 32.1 Å². The van der Waals surface area contributed by atoms with E-state index in [9.17, 15) is 4.79 Å². The Bertz CT molecular complexity index is 770. The molecular weight excluding hydrogens is 336 g/mol. The number of benzene rings is 1. The molecule has 1 aliphatic rings. The summed E-state index contributed by atoms with van der Waals surface area (Å²) < 4.78 is 0. The number of rotatable bonds is 3. The first kappa shape index (κ1) is 17.7. The molecule has 0 spiro atoms. The van der Waals surface area contributed by atoms with Crippen LogP contribution in [0.15, 0.2) is 30.5 Å². The van der Waals surface area contributed by atoms with Crippen LogP contribution in [-0.4, -0.2) is 48.0 Å². The van der Waals surface area contributed by atoms with Crippen LogP contribution < -0.4 is 4.90 Å². The molecule has 0 radical (unpaired) electrons. The maximum absolute atomic E-state index is 11.6. The molecule has 1 aromatic carbocycles. The topological polar surface area (TPSA) is 49.3 Å². The van der Waals surface area contributed by atoms with Crippen molar-refractivity contribution in [3.63, 3.8) is 0 Å². The quantitative estimate of drug-likeness (QED) is 0.841. The minimum Gasteiger partial charge on any atom is -0.347 e. The first-order valence-electron chi connectivity index (χ1n) is 8.51. The van der Waals surface area contributed by atoms with Crippen molar-refractivity contribution in [1.82, 2.24) is 14.9 Å². The van der Waals surface area contributed by atoms with E-state index >= 15 is 0 Å². The van der Waals surface area contributed by atoms with Gasteiger partial charge in [-0.2, -0.15) is 0 Å². The van der Waals surface area contributed by atoms with E-state index in [0.29, 0.717) is 16.9 Å². The van der Waals surface area contributed by atoms with Gasteiger partial charge in [0, 0.05) is 56.8 Å². The fourth-order valence-electron chi connectivity index (χ4n) is 3.26. The Morgan fingerprint density at radius 2 is 2.00 bits per heavy atom. The van der Waals surface area contributed by atoms with Gasteiger partial charge in [-0.1, -0.05) is 23.7 Å². The Labute approximate surface area is 153 Å². The molecule has 1 aliphatic heterocycles. The molecule has 1 amide bonds. The lowest BCUT2D eigenvalue weighted by molar-refractivity contribution is -0.129. The molecule has 0 atom stereocenters. The molecule has 0 unspecified atom stereocenters. The summed E-state index contributed by atoms with van der Waals surface area (Å²) in [5.41, 5.74) is 3.10. The highest BCUT2D eigenvalue weighted by molar-refractivity contribution is 6.30. The molecule has 0 bridgehead atoms. The van der Waals surface area contributed by atoms with Crippen molar-refractivity contribution in [2.45, 2.75) is 25.7 Å². The van der Waals surface area contributed by atoms with Crippen molar-refractivity contribution in [2.24, 2.45) is 0 Å². The molecule has 0 N–H and O–H groups in total. The third-order valence-electron chi connectivity index (χ3n) is 4.67. The minimum atomic E-state index is 0.144. The molecule has 1 saturated heterocycles. The summed E-state index contributed by atoms with van der Waals surface area (Å²) in [4.78, 5) is 24.7. The van der Waals surface area contributed by atoms with E-state index in [-0.39, 0.29) is 5.91 Å². The highest BCUT2D eigenvalue weighted by Crippen LogP contribution is 2.35. The SMILES string of the molecule is CC(=O)N1CCC(c2nc(N(C)C)ncc2-c2cccc(Cl)c2)CC1.